The molecule has 2 rings (SSSR count). The molecule has 0 heterocycles. The van der Waals surface area contributed by atoms with Gasteiger partial charge in [-0.05, 0) is 43.7 Å². The van der Waals surface area contributed by atoms with E-state index < -0.39 is 0 Å². The van der Waals surface area contributed by atoms with Crippen LogP contribution in [0.15, 0.2) is 24.3 Å². The minimum Gasteiger partial charge on any atom is -0.330 e. The first-order valence-electron chi connectivity index (χ1n) is 7.14. The number of hydrogen-bond acceptors (Lipinski definition) is 2. The summed E-state index contributed by atoms with van der Waals surface area (Å²) >= 11 is 0. The molecule has 1 fully saturated rings. The summed E-state index contributed by atoms with van der Waals surface area (Å²) < 4.78 is 0. The number of ketones is 1. The number of carbonyl (C=O) groups is 1. The van der Waals surface area contributed by atoms with Gasteiger partial charge in [-0.1, -0.05) is 37.1 Å². The topological polar surface area (TPSA) is 43.1 Å². The van der Waals surface area contributed by atoms with Crippen LogP contribution in [0.1, 0.15) is 66.8 Å². The fraction of sp³-hybridized carbons (Fsp3) is 0.562. The van der Waals surface area contributed by atoms with Gasteiger partial charge in [0.25, 0.3) is 0 Å². The van der Waals surface area contributed by atoms with Gasteiger partial charge in [0.15, 0.2) is 5.78 Å². The molecule has 2 heteroatoms. The Balaban J connectivity index is 1.82. The van der Waals surface area contributed by atoms with Crippen LogP contribution >= 0.6 is 0 Å². The molecule has 2 N–H and O–H groups in total. The quantitative estimate of drug-likeness (QED) is 0.588. The average molecular weight is 245 g/mol. The fourth-order valence-corrected chi connectivity index (χ4v) is 2.43. The highest BCUT2D eigenvalue weighted by atomic mass is 16.1. The predicted octanol–water partition coefficient (Wildman–Crippen LogP) is 3.66. The van der Waals surface area contributed by atoms with E-state index >= 15 is 0 Å². The molecule has 1 aliphatic carbocycles. The smallest absolute Gasteiger partial charge is 0.162 e. The molecule has 1 saturated carbocycles. The standard InChI is InChI=1S/C16H23NO/c17-12-3-1-2-7-16(18)15-10-8-14(9-11-15)13-5-4-6-13/h8-11,13H,1-7,12,17H2. The molecule has 0 aliphatic heterocycles. The minimum atomic E-state index is 0.271. The van der Waals surface area contributed by atoms with Gasteiger partial charge in [0, 0.05) is 12.0 Å². The van der Waals surface area contributed by atoms with E-state index in [0.717, 1.165) is 37.3 Å². The molecule has 0 radical (unpaired) electrons. The SMILES string of the molecule is NCCCCCC(=O)c1ccc(C2CCC2)cc1. The first kappa shape index (κ1) is 13.3. The molecular weight excluding hydrogens is 222 g/mol. The number of Topliss-reactive ketones (excluding diaryl/α,β-unsaturated/α-hetero) is 1. The van der Waals surface area contributed by atoms with Crippen molar-refractivity contribution in [2.75, 3.05) is 6.54 Å². The van der Waals surface area contributed by atoms with Gasteiger partial charge in [-0.15, -0.1) is 0 Å². The maximum atomic E-state index is 11.9. The summed E-state index contributed by atoms with van der Waals surface area (Å²) in [6, 6.07) is 8.27. The Bertz CT molecular complexity index is 379. The molecule has 1 aliphatic rings. The first-order chi connectivity index (χ1) is 8.81. The lowest BCUT2D eigenvalue weighted by Crippen LogP contribution is -2.09. The van der Waals surface area contributed by atoms with Gasteiger partial charge in [-0.3, -0.25) is 4.79 Å². The Morgan fingerprint density at radius 1 is 1.11 bits per heavy atom. The van der Waals surface area contributed by atoms with Gasteiger partial charge in [-0.25, -0.2) is 0 Å². The van der Waals surface area contributed by atoms with Gasteiger partial charge in [0.2, 0.25) is 0 Å². The van der Waals surface area contributed by atoms with Gasteiger partial charge in [-0.2, -0.15) is 0 Å². The summed E-state index contributed by atoms with van der Waals surface area (Å²) in [5, 5.41) is 0. The maximum absolute atomic E-state index is 11.9. The zero-order chi connectivity index (χ0) is 12.8. The Labute approximate surface area is 110 Å². The van der Waals surface area contributed by atoms with Gasteiger partial charge in [0.1, 0.15) is 0 Å². The maximum Gasteiger partial charge on any atom is 0.162 e. The largest absolute Gasteiger partial charge is 0.330 e. The van der Waals surface area contributed by atoms with E-state index in [-0.39, 0.29) is 5.78 Å². The Kier molecular flexibility index (Phi) is 4.94. The van der Waals surface area contributed by atoms with Gasteiger partial charge >= 0.3 is 0 Å². The zero-order valence-electron chi connectivity index (χ0n) is 11.0. The molecular formula is C16H23NO. The summed E-state index contributed by atoms with van der Waals surface area (Å²) in [6.45, 7) is 0.726. The molecule has 98 valence electrons. The van der Waals surface area contributed by atoms with Gasteiger partial charge < -0.3 is 5.73 Å². The van der Waals surface area contributed by atoms with Crippen molar-refractivity contribution in [1.82, 2.24) is 0 Å². The highest BCUT2D eigenvalue weighted by Gasteiger charge is 2.19. The van der Waals surface area contributed by atoms with Crippen molar-refractivity contribution in [2.45, 2.75) is 50.9 Å². The van der Waals surface area contributed by atoms with Crippen LogP contribution in [0, 0.1) is 0 Å². The Morgan fingerprint density at radius 3 is 2.39 bits per heavy atom. The number of rotatable bonds is 7. The van der Waals surface area contributed by atoms with E-state index in [1.54, 1.807) is 0 Å². The highest BCUT2D eigenvalue weighted by Crippen LogP contribution is 2.36. The van der Waals surface area contributed by atoms with Gasteiger partial charge in [0.05, 0.1) is 0 Å². The summed E-state index contributed by atoms with van der Waals surface area (Å²) in [4.78, 5) is 11.9. The second kappa shape index (κ2) is 6.69. The molecule has 0 aromatic heterocycles. The predicted molar refractivity (Wildman–Crippen MR) is 74.9 cm³/mol. The normalized spacial score (nSPS) is 15.4. The summed E-state index contributed by atoms with van der Waals surface area (Å²) in [6.07, 6.45) is 7.67. The van der Waals surface area contributed by atoms with Crippen LogP contribution in [0.2, 0.25) is 0 Å². The molecule has 18 heavy (non-hydrogen) atoms. The van der Waals surface area contributed by atoms with Crippen molar-refractivity contribution in [3.63, 3.8) is 0 Å². The second-order valence-corrected chi connectivity index (χ2v) is 5.27. The third-order valence-electron chi connectivity index (χ3n) is 3.92. The van der Waals surface area contributed by atoms with Crippen molar-refractivity contribution in [3.8, 4) is 0 Å². The molecule has 0 atom stereocenters. The van der Waals surface area contributed by atoms with Crippen LogP contribution in [-0.4, -0.2) is 12.3 Å². The Hall–Kier alpha value is -1.15. The number of benzene rings is 1. The van der Waals surface area contributed by atoms with Crippen molar-refractivity contribution in [2.24, 2.45) is 5.73 Å². The lowest BCUT2D eigenvalue weighted by molar-refractivity contribution is 0.0979. The number of hydrogen-bond donors (Lipinski definition) is 1. The first-order valence-corrected chi connectivity index (χ1v) is 7.14. The molecule has 0 saturated heterocycles. The van der Waals surface area contributed by atoms with Crippen LogP contribution in [0.4, 0.5) is 0 Å². The third-order valence-corrected chi connectivity index (χ3v) is 3.92. The molecule has 0 bridgehead atoms. The monoisotopic (exact) mass is 245 g/mol. The van der Waals surface area contributed by atoms with E-state index in [4.69, 9.17) is 5.73 Å². The fourth-order valence-electron chi connectivity index (χ4n) is 2.43. The van der Waals surface area contributed by atoms with Crippen LogP contribution in [0.5, 0.6) is 0 Å². The Morgan fingerprint density at radius 2 is 1.83 bits per heavy atom. The van der Waals surface area contributed by atoms with Crippen molar-refractivity contribution < 1.29 is 4.79 Å². The second-order valence-electron chi connectivity index (χ2n) is 5.27. The third kappa shape index (κ3) is 3.42. The lowest BCUT2D eigenvalue weighted by Gasteiger charge is -2.25. The van der Waals surface area contributed by atoms with Crippen LogP contribution in [0.3, 0.4) is 0 Å². The van der Waals surface area contributed by atoms with Crippen LogP contribution in [0.25, 0.3) is 0 Å². The molecule has 0 unspecified atom stereocenters. The van der Waals surface area contributed by atoms with Crippen LogP contribution < -0.4 is 5.73 Å². The molecule has 2 nitrogen and oxygen atoms in total. The van der Waals surface area contributed by atoms with E-state index in [1.165, 1.54) is 24.8 Å². The summed E-state index contributed by atoms with van der Waals surface area (Å²) in [5.74, 6) is 1.02. The van der Waals surface area contributed by atoms with E-state index in [0.29, 0.717) is 6.42 Å². The highest BCUT2D eigenvalue weighted by molar-refractivity contribution is 5.96. The summed E-state index contributed by atoms with van der Waals surface area (Å²) in [5.41, 5.74) is 7.71. The zero-order valence-corrected chi connectivity index (χ0v) is 11.0. The lowest BCUT2D eigenvalue weighted by atomic mass is 9.80. The van der Waals surface area contributed by atoms with E-state index in [2.05, 4.69) is 12.1 Å². The number of nitrogens with two attached hydrogens (primary N) is 1. The van der Waals surface area contributed by atoms with E-state index in [1.807, 2.05) is 12.1 Å². The average Bonchev–Trinajstić information content (AvgIpc) is 2.33. The van der Waals surface area contributed by atoms with Crippen molar-refractivity contribution in [1.29, 1.82) is 0 Å². The van der Waals surface area contributed by atoms with Crippen molar-refractivity contribution >= 4 is 5.78 Å². The summed E-state index contributed by atoms with van der Waals surface area (Å²) in [7, 11) is 0. The number of unbranched alkanes of at least 4 members (excludes halogenated alkanes) is 2. The minimum absolute atomic E-state index is 0.271. The van der Waals surface area contributed by atoms with Crippen LogP contribution in [-0.2, 0) is 0 Å². The molecule has 0 amide bonds. The van der Waals surface area contributed by atoms with E-state index in [9.17, 15) is 4.79 Å². The molecule has 0 spiro atoms. The molecule has 1 aromatic carbocycles. The number of carbonyl (C=O) groups excluding carboxylic acids is 1. The van der Waals surface area contributed by atoms with Crippen molar-refractivity contribution in [3.05, 3.63) is 35.4 Å². The molecule has 1 aromatic rings.